The lowest BCUT2D eigenvalue weighted by Gasteiger charge is -2.29. The van der Waals surface area contributed by atoms with Crippen LogP contribution in [-0.2, 0) is 14.6 Å². The zero-order valence-corrected chi connectivity index (χ0v) is 20.4. The van der Waals surface area contributed by atoms with Gasteiger partial charge in [-0.2, -0.15) is 0 Å². The van der Waals surface area contributed by atoms with Crippen molar-refractivity contribution in [3.63, 3.8) is 0 Å². The molecule has 3 aromatic rings. The first-order valence-electron chi connectivity index (χ1n) is 10.8. The number of hydroxylamine groups is 1. The van der Waals surface area contributed by atoms with E-state index in [1.165, 1.54) is 32.4 Å². The predicted molar refractivity (Wildman–Crippen MR) is 130 cm³/mol. The van der Waals surface area contributed by atoms with Crippen molar-refractivity contribution >= 4 is 15.7 Å². The summed E-state index contributed by atoms with van der Waals surface area (Å²) in [7, 11) is -1.21. The molecule has 34 heavy (non-hydrogen) atoms. The van der Waals surface area contributed by atoms with Crippen LogP contribution in [0.5, 0.6) is 11.5 Å². The largest absolute Gasteiger partial charge is 0.493 e. The molecule has 0 spiro atoms. The van der Waals surface area contributed by atoms with Gasteiger partial charge in [0.2, 0.25) is 5.91 Å². The molecule has 0 aliphatic rings. The zero-order chi connectivity index (χ0) is 24.9. The fraction of sp³-hybridized carbons (Fsp3) is 0.269. The Morgan fingerprint density at radius 1 is 0.853 bits per heavy atom. The summed E-state index contributed by atoms with van der Waals surface area (Å²) in [6.45, 7) is 3.49. The van der Waals surface area contributed by atoms with Crippen LogP contribution in [0.4, 0.5) is 0 Å². The van der Waals surface area contributed by atoms with Crippen LogP contribution in [0.15, 0.2) is 77.7 Å². The minimum atomic E-state index is -4.10. The van der Waals surface area contributed by atoms with Crippen LogP contribution in [0.2, 0.25) is 0 Å². The van der Waals surface area contributed by atoms with E-state index in [9.17, 15) is 18.4 Å². The van der Waals surface area contributed by atoms with E-state index in [0.29, 0.717) is 11.3 Å². The molecule has 0 saturated heterocycles. The molecular weight excluding hydrogens is 454 g/mol. The van der Waals surface area contributed by atoms with Gasteiger partial charge in [0.25, 0.3) is 0 Å². The number of nitrogens with one attached hydrogen (secondary N) is 1. The summed E-state index contributed by atoms with van der Waals surface area (Å²) in [6, 6.07) is 21.1. The van der Waals surface area contributed by atoms with E-state index in [-0.39, 0.29) is 16.6 Å². The fourth-order valence-electron chi connectivity index (χ4n) is 4.08. The standard InChI is InChI=1S/C26H29NO6S/c1-17(2)24(26(28)27-29)25(20-12-10-19(11-13-20)18-8-6-5-7-9-18)34(30,31)21-14-15-22(32-3)23(16-21)33-4/h5-17,24-25,29H,1-4H3,(H,27,28). The van der Waals surface area contributed by atoms with Gasteiger partial charge in [0.15, 0.2) is 21.3 Å². The van der Waals surface area contributed by atoms with Crippen molar-refractivity contribution in [1.29, 1.82) is 0 Å². The lowest BCUT2D eigenvalue weighted by Crippen LogP contribution is -2.38. The summed E-state index contributed by atoms with van der Waals surface area (Å²) in [5.74, 6) is -1.56. The minimum absolute atomic E-state index is 0.0151. The quantitative estimate of drug-likeness (QED) is 0.339. The van der Waals surface area contributed by atoms with E-state index in [2.05, 4.69) is 0 Å². The highest BCUT2D eigenvalue weighted by molar-refractivity contribution is 7.91. The number of amides is 1. The molecule has 0 saturated carbocycles. The van der Waals surface area contributed by atoms with Crippen LogP contribution in [0.1, 0.15) is 24.7 Å². The third kappa shape index (κ3) is 5.08. The van der Waals surface area contributed by atoms with E-state index in [1.807, 2.05) is 42.5 Å². The van der Waals surface area contributed by atoms with E-state index in [1.54, 1.807) is 31.5 Å². The molecular formula is C26H29NO6S. The molecule has 8 heteroatoms. The molecule has 2 unspecified atom stereocenters. The van der Waals surface area contributed by atoms with Gasteiger partial charge in [0.1, 0.15) is 5.25 Å². The third-order valence-electron chi connectivity index (χ3n) is 5.82. The first-order chi connectivity index (χ1) is 16.2. The van der Waals surface area contributed by atoms with Crippen LogP contribution in [-0.4, -0.2) is 33.8 Å². The van der Waals surface area contributed by atoms with Crippen molar-refractivity contribution in [2.45, 2.75) is 24.0 Å². The molecule has 0 fully saturated rings. The number of hydrogen-bond acceptors (Lipinski definition) is 6. The summed E-state index contributed by atoms with van der Waals surface area (Å²) < 4.78 is 38.4. The van der Waals surface area contributed by atoms with Gasteiger partial charge in [0, 0.05) is 6.07 Å². The minimum Gasteiger partial charge on any atom is -0.493 e. The highest BCUT2D eigenvalue weighted by Crippen LogP contribution is 2.41. The van der Waals surface area contributed by atoms with Crippen molar-refractivity contribution < 1.29 is 27.9 Å². The van der Waals surface area contributed by atoms with Crippen molar-refractivity contribution in [1.82, 2.24) is 5.48 Å². The normalized spacial score (nSPS) is 13.2. The summed E-state index contributed by atoms with van der Waals surface area (Å²) in [5.41, 5.74) is 4.00. The maximum atomic E-state index is 14.0. The number of carbonyl (C=O) groups excluding carboxylic acids is 1. The lowest BCUT2D eigenvalue weighted by molar-refractivity contribution is -0.134. The Balaban J connectivity index is 2.17. The van der Waals surface area contributed by atoms with Crippen molar-refractivity contribution in [2.75, 3.05) is 14.2 Å². The van der Waals surface area contributed by atoms with E-state index >= 15 is 0 Å². The molecule has 0 aliphatic heterocycles. The molecule has 0 aliphatic carbocycles. The summed E-state index contributed by atoms with van der Waals surface area (Å²) >= 11 is 0. The molecule has 7 nitrogen and oxygen atoms in total. The van der Waals surface area contributed by atoms with Gasteiger partial charge in [-0.15, -0.1) is 0 Å². The number of benzene rings is 3. The SMILES string of the molecule is COc1ccc(S(=O)(=O)C(c2ccc(-c3ccccc3)cc2)C(C(=O)NO)C(C)C)cc1OC. The molecule has 0 aromatic heterocycles. The number of carbonyl (C=O) groups is 1. The van der Waals surface area contributed by atoms with Crippen LogP contribution in [0, 0.1) is 11.8 Å². The smallest absolute Gasteiger partial charge is 0.248 e. The molecule has 0 heterocycles. The number of hydrogen-bond donors (Lipinski definition) is 2. The van der Waals surface area contributed by atoms with E-state index in [4.69, 9.17) is 9.47 Å². The molecule has 180 valence electrons. The molecule has 0 bridgehead atoms. The van der Waals surface area contributed by atoms with Gasteiger partial charge in [-0.25, -0.2) is 13.9 Å². The third-order valence-corrected chi connectivity index (χ3v) is 7.97. The average molecular weight is 484 g/mol. The maximum absolute atomic E-state index is 14.0. The number of sulfone groups is 1. The zero-order valence-electron chi connectivity index (χ0n) is 19.6. The first-order valence-corrected chi connectivity index (χ1v) is 12.3. The second-order valence-electron chi connectivity index (χ2n) is 8.22. The highest BCUT2D eigenvalue weighted by Gasteiger charge is 2.42. The Bertz CT molecular complexity index is 1220. The average Bonchev–Trinajstić information content (AvgIpc) is 2.86. The van der Waals surface area contributed by atoms with Crippen LogP contribution < -0.4 is 15.0 Å². The topological polar surface area (TPSA) is 102 Å². The molecule has 0 radical (unpaired) electrons. The van der Waals surface area contributed by atoms with Crippen LogP contribution in [0.3, 0.4) is 0 Å². The first kappa shape index (κ1) is 25.3. The monoisotopic (exact) mass is 483 g/mol. The Hall–Kier alpha value is -3.36. The van der Waals surface area contributed by atoms with Gasteiger partial charge in [-0.05, 0) is 34.7 Å². The van der Waals surface area contributed by atoms with Crippen molar-refractivity contribution in [2.24, 2.45) is 11.8 Å². The van der Waals surface area contributed by atoms with Gasteiger partial charge < -0.3 is 9.47 Å². The van der Waals surface area contributed by atoms with Gasteiger partial charge in [0.05, 0.1) is 25.0 Å². The maximum Gasteiger partial charge on any atom is 0.248 e. The van der Waals surface area contributed by atoms with Gasteiger partial charge >= 0.3 is 0 Å². The van der Waals surface area contributed by atoms with E-state index in [0.717, 1.165) is 11.1 Å². The van der Waals surface area contributed by atoms with Crippen molar-refractivity contribution in [3.8, 4) is 22.6 Å². The second kappa shape index (κ2) is 10.7. The number of rotatable bonds is 9. The fourth-order valence-corrected chi connectivity index (χ4v) is 6.24. The lowest BCUT2D eigenvalue weighted by atomic mass is 9.87. The summed E-state index contributed by atoms with van der Waals surface area (Å²) in [5, 5.41) is 8.15. The Morgan fingerprint density at radius 2 is 1.44 bits per heavy atom. The van der Waals surface area contributed by atoms with Crippen molar-refractivity contribution in [3.05, 3.63) is 78.4 Å². The Labute approximate surface area is 200 Å². The number of methoxy groups -OCH3 is 2. The Kier molecular flexibility index (Phi) is 7.96. The van der Waals surface area contributed by atoms with Gasteiger partial charge in [-0.3, -0.25) is 10.0 Å². The number of ether oxygens (including phenoxy) is 2. The second-order valence-corrected chi connectivity index (χ2v) is 10.3. The highest BCUT2D eigenvalue weighted by atomic mass is 32.2. The predicted octanol–water partition coefficient (Wildman–Crippen LogP) is 4.66. The van der Waals surface area contributed by atoms with Gasteiger partial charge in [-0.1, -0.05) is 68.4 Å². The summed E-state index contributed by atoms with van der Waals surface area (Å²) in [6.07, 6.45) is 0. The molecule has 3 aromatic carbocycles. The van der Waals surface area contributed by atoms with Crippen LogP contribution >= 0.6 is 0 Å². The van der Waals surface area contributed by atoms with E-state index < -0.39 is 26.9 Å². The van der Waals surface area contributed by atoms with Crippen LogP contribution in [0.25, 0.3) is 11.1 Å². The molecule has 1 amide bonds. The molecule has 2 N–H and O–H groups in total. The summed E-state index contributed by atoms with van der Waals surface area (Å²) in [4.78, 5) is 12.7. The molecule has 3 rings (SSSR count). The molecule has 2 atom stereocenters. The Morgan fingerprint density at radius 3 is 1.97 bits per heavy atom.